The molecular weight excluding hydrogens is 379 g/mol. The van der Waals surface area contributed by atoms with Gasteiger partial charge in [-0.3, -0.25) is 4.79 Å². The number of hydrogen-bond acceptors (Lipinski definition) is 3. The second kappa shape index (κ2) is 8.06. The average molecular weight is 402 g/mol. The molecule has 4 aromatic rings. The Labute approximate surface area is 174 Å². The zero-order chi connectivity index (χ0) is 21.3. The number of carbonyl (C=O) groups is 1. The molecule has 0 saturated carbocycles. The molecule has 5 nitrogen and oxygen atoms in total. The van der Waals surface area contributed by atoms with Crippen LogP contribution in [0, 0.1) is 19.7 Å². The topological polar surface area (TPSA) is 51.0 Å². The highest BCUT2D eigenvalue weighted by atomic mass is 19.1. The number of amides is 1. The molecular formula is C24H23FN4O. The van der Waals surface area contributed by atoms with Crippen LogP contribution in [-0.2, 0) is 13.1 Å². The first-order valence-electron chi connectivity index (χ1n) is 9.79. The third-order valence-electron chi connectivity index (χ3n) is 5.10. The predicted molar refractivity (Wildman–Crippen MR) is 115 cm³/mol. The van der Waals surface area contributed by atoms with Crippen molar-refractivity contribution in [2.45, 2.75) is 26.9 Å². The summed E-state index contributed by atoms with van der Waals surface area (Å²) in [6.07, 6.45) is 1.70. The number of carbonyl (C=O) groups excluding carboxylic acids is 1. The molecule has 0 radical (unpaired) electrons. The first-order chi connectivity index (χ1) is 14.4. The summed E-state index contributed by atoms with van der Waals surface area (Å²) in [6, 6.07) is 16.2. The van der Waals surface area contributed by atoms with E-state index < -0.39 is 0 Å². The minimum atomic E-state index is -0.291. The Hall–Kier alpha value is -3.54. The summed E-state index contributed by atoms with van der Waals surface area (Å²) in [5.74, 6) is -0.412. The van der Waals surface area contributed by atoms with Crippen molar-refractivity contribution in [1.82, 2.24) is 19.7 Å². The van der Waals surface area contributed by atoms with Crippen LogP contribution in [0.4, 0.5) is 4.39 Å². The molecule has 0 aliphatic carbocycles. The molecule has 0 spiro atoms. The molecule has 0 aliphatic heterocycles. The van der Waals surface area contributed by atoms with Gasteiger partial charge in [0, 0.05) is 19.3 Å². The molecule has 4 rings (SSSR count). The van der Waals surface area contributed by atoms with Gasteiger partial charge in [-0.15, -0.1) is 0 Å². The van der Waals surface area contributed by atoms with Crippen molar-refractivity contribution in [1.29, 1.82) is 0 Å². The minimum absolute atomic E-state index is 0.121. The summed E-state index contributed by atoms with van der Waals surface area (Å²) in [7, 11) is 1.74. The van der Waals surface area contributed by atoms with Crippen molar-refractivity contribution in [2.75, 3.05) is 7.05 Å². The van der Waals surface area contributed by atoms with Gasteiger partial charge in [0.25, 0.3) is 5.91 Å². The third-order valence-corrected chi connectivity index (χ3v) is 5.10. The number of halogens is 1. The zero-order valence-corrected chi connectivity index (χ0v) is 17.3. The molecule has 0 aliphatic rings. The smallest absolute Gasteiger partial charge is 0.254 e. The van der Waals surface area contributed by atoms with E-state index in [1.165, 1.54) is 17.7 Å². The second-order valence-corrected chi connectivity index (χ2v) is 7.62. The standard InChI is InChI=1S/C24H23FN4O/c1-16-4-6-19(7-5-16)15-29-23-22(13-26-29)21(12-17(2)27-23)24(30)28(3)14-18-8-10-20(25)11-9-18/h4-13H,14-15H2,1-3H3. The Bertz CT molecular complexity index is 1200. The Balaban J connectivity index is 1.63. The SMILES string of the molecule is Cc1ccc(Cn2ncc3c(C(=O)N(C)Cc4ccc(F)cc4)cc(C)nc32)cc1. The Kier molecular flexibility index (Phi) is 5.31. The van der Waals surface area contributed by atoms with E-state index in [-0.39, 0.29) is 11.7 Å². The molecule has 2 aromatic carbocycles. The summed E-state index contributed by atoms with van der Waals surface area (Å²) < 4.78 is 15.0. The number of pyridine rings is 1. The first kappa shape index (κ1) is 19.8. The van der Waals surface area contributed by atoms with Gasteiger partial charge in [0.2, 0.25) is 0 Å². The van der Waals surface area contributed by atoms with Crippen LogP contribution >= 0.6 is 0 Å². The molecule has 152 valence electrons. The van der Waals surface area contributed by atoms with E-state index in [1.54, 1.807) is 36.3 Å². The van der Waals surface area contributed by atoms with Gasteiger partial charge in [0.1, 0.15) is 5.82 Å². The zero-order valence-electron chi connectivity index (χ0n) is 17.3. The molecule has 0 unspecified atom stereocenters. The number of nitrogens with zero attached hydrogens (tertiary/aromatic N) is 4. The molecule has 2 heterocycles. The normalized spacial score (nSPS) is 11.1. The van der Waals surface area contributed by atoms with Crippen LogP contribution < -0.4 is 0 Å². The molecule has 6 heteroatoms. The van der Waals surface area contributed by atoms with Crippen molar-refractivity contribution in [3.63, 3.8) is 0 Å². The van der Waals surface area contributed by atoms with E-state index in [9.17, 15) is 9.18 Å². The van der Waals surface area contributed by atoms with Crippen molar-refractivity contribution in [2.24, 2.45) is 0 Å². The van der Waals surface area contributed by atoms with Crippen LogP contribution in [0.2, 0.25) is 0 Å². The maximum absolute atomic E-state index is 13.2. The monoisotopic (exact) mass is 402 g/mol. The van der Waals surface area contributed by atoms with E-state index in [0.29, 0.717) is 24.3 Å². The fraction of sp³-hybridized carbons (Fsp3) is 0.208. The number of aryl methyl sites for hydroxylation is 2. The van der Waals surface area contributed by atoms with Gasteiger partial charge in [0.15, 0.2) is 5.65 Å². The van der Waals surface area contributed by atoms with Gasteiger partial charge in [-0.1, -0.05) is 42.0 Å². The van der Waals surface area contributed by atoms with E-state index in [1.807, 2.05) is 11.6 Å². The van der Waals surface area contributed by atoms with Gasteiger partial charge in [-0.25, -0.2) is 14.1 Å². The number of hydrogen-bond donors (Lipinski definition) is 0. The van der Waals surface area contributed by atoms with E-state index in [0.717, 1.165) is 22.2 Å². The summed E-state index contributed by atoms with van der Waals surface area (Å²) >= 11 is 0. The van der Waals surface area contributed by atoms with Crippen LogP contribution in [-0.4, -0.2) is 32.6 Å². The first-order valence-corrected chi connectivity index (χ1v) is 9.79. The Morgan fingerprint density at radius 2 is 1.70 bits per heavy atom. The fourth-order valence-electron chi connectivity index (χ4n) is 3.47. The van der Waals surface area contributed by atoms with Crippen LogP contribution in [0.5, 0.6) is 0 Å². The lowest BCUT2D eigenvalue weighted by Gasteiger charge is -2.18. The van der Waals surface area contributed by atoms with Gasteiger partial charge in [-0.2, -0.15) is 5.10 Å². The lowest BCUT2D eigenvalue weighted by Crippen LogP contribution is -2.26. The highest BCUT2D eigenvalue weighted by Gasteiger charge is 2.19. The van der Waals surface area contributed by atoms with Crippen molar-refractivity contribution in [3.8, 4) is 0 Å². The molecule has 0 atom stereocenters. The molecule has 0 saturated heterocycles. The van der Waals surface area contributed by atoms with Crippen molar-refractivity contribution < 1.29 is 9.18 Å². The lowest BCUT2D eigenvalue weighted by molar-refractivity contribution is 0.0787. The fourth-order valence-corrected chi connectivity index (χ4v) is 3.47. The van der Waals surface area contributed by atoms with E-state index in [4.69, 9.17) is 0 Å². The molecule has 0 N–H and O–H groups in total. The van der Waals surface area contributed by atoms with Gasteiger partial charge < -0.3 is 4.90 Å². The number of rotatable bonds is 5. The van der Waals surface area contributed by atoms with Gasteiger partial charge >= 0.3 is 0 Å². The number of fused-ring (bicyclic) bond motifs is 1. The summed E-state index contributed by atoms with van der Waals surface area (Å²) in [5, 5.41) is 5.22. The van der Waals surface area contributed by atoms with Crippen LogP contribution in [0.1, 0.15) is 32.7 Å². The summed E-state index contributed by atoms with van der Waals surface area (Å²) in [5.41, 5.74) is 5.20. The Morgan fingerprint density at radius 3 is 2.40 bits per heavy atom. The summed E-state index contributed by atoms with van der Waals surface area (Å²) in [4.78, 5) is 19.4. The van der Waals surface area contributed by atoms with E-state index >= 15 is 0 Å². The van der Waals surface area contributed by atoms with Crippen molar-refractivity contribution >= 4 is 16.9 Å². The van der Waals surface area contributed by atoms with Crippen molar-refractivity contribution in [3.05, 3.63) is 94.6 Å². The Morgan fingerprint density at radius 1 is 1.03 bits per heavy atom. The predicted octanol–water partition coefficient (Wildman–Crippen LogP) is 4.51. The molecule has 0 fully saturated rings. The van der Waals surface area contributed by atoms with Crippen LogP contribution in [0.3, 0.4) is 0 Å². The highest BCUT2D eigenvalue weighted by Crippen LogP contribution is 2.21. The van der Waals surface area contributed by atoms with Crippen LogP contribution in [0.15, 0.2) is 60.8 Å². The molecule has 0 bridgehead atoms. The largest absolute Gasteiger partial charge is 0.337 e. The number of aromatic nitrogens is 3. The maximum Gasteiger partial charge on any atom is 0.254 e. The lowest BCUT2D eigenvalue weighted by atomic mass is 10.1. The molecule has 2 aromatic heterocycles. The van der Waals surface area contributed by atoms with Crippen LogP contribution in [0.25, 0.3) is 11.0 Å². The van der Waals surface area contributed by atoms with E-state index in [2.05, 4.69) is 41.3 Å². The molecule has 1 amide bonds. The van der Waals surface area contributed by atoms with Gasteiger partial charge in [0.05, 0.1) is 23.7 Å². The quantitative estimate of drug-likeness (QED) is 0.494. The highest BCUT2D eigenvalue weighted by molar-refractivity contribution is 6.05. The molecule has 30 heavy (non-hydrogen) atoms. The minimum Gasteiger partial charge on any atom is -0.337 e. The average Bonchev–Trinajstić information content (AvgIpc) is 3.12. The van der Waals surface area contributed by atoms with Gasteiger partial charge in [-0.05, 0) is 43.2 Å². The number of benzene rings is 2. The maximum atomic E-state index is 13.2. The second-order valence-electron chi connectivity index (χ2n) is 7.62. The summed E-state index contributed by atoms with van der Waals surface area (Å²) in [6.45, 7) is 4.90. The third kappa shape index (κ3) is 4.08.